The van der Waals surface area contributed by atoms with E-state index in [9.17, 15) is 4.79 Å². The number of nitrogens with one attached hydrogen (secondary N) is 1. The number of anilines is 1. The fraction of sp³-hybridized carbons (Fsp3) is 0.481. The number of aromatic nitrogens is 2. The summed E-state index contributed by atoms with van der Waals surface area (Å²) in [6.07, 6.45) is 5.24. The standard InChI is InChI=1S/C27H35Cl2N5O/c1-3-4-13-32(2)16-12-27(35)30-20-10-11-21-25(19-33-14-5-6-15-33)31-34(26(21)17-20)18-22-23(28)8-7-9-24(22)29/h7-11,17H,3-6,12-16,18-19H2,1-2H3,(H,30,35). The Kier molecular flexibility index (Phi) is 9.06. The highest BCUT2D eigenvalue weighted by Crippen LogP contribution is 2.29. The molecule has 0 unspecified atom stereocenters. The van der Waals surface area contributed by atoms with Gasteiger partial charge >= 0.3 is 0 Å². The maximum absolute atomic E-state index is 12.6. The topological polar surface area (TPSA) is 53.4 Å². The average Bonchev–Trinajstić information content (AvgIpc) is 3.47. The van der Waals surface area contributed by atoms with Crippen LogP contribution >= 0.6 is 23.2 Å². The van der Waals surface area contributed by atoms with Crippen LogP contribution in [0, 0.1) is 0 Å². The van der Waals surface area contributed by atoms with E-state index in [0.29, 0.717) is 23.0 Å². The molecule has 1 fully saturated rings. The summed E-state index contributed by atoms with van der Waals surface area (Å²) in [5, 5.41) is 10.4. The number of hydrogen-bond donors (Lipinski definition) is 1. The lowest BCUT2D eigenvalue weighted by molar-refractivity contribution is -0.116. The van der Waals surface area contributed by atoms with Gasteiger partial charge in [-0.1, -0.05) is 42.6 Å². The number of carbonyl (C=O) groups is 1. The fourth-order valence-corrected chi connectivity index (χ4v) is 5.12. The number of rotatable bonds is 11. The molecule has 2 aromatic carbocycles. The Morgan fingerprint density at radius 1 is 1.09 bits per heavy atom. The van der Waals surface area contributed by atoms with Gasteiger partial charge in [0, 0.05) is 46.2 Å². The minimum absolute atomic E-state index is 0.0187. The molecule has 3 aromatic rings. The Morgan fingerprint density at radius 2 is 1.83 bits per heavy atom. The molecule has 1 amide bonds. The van der Waals surface area contributed by atoms with Crippen LogP contribution in [-0.4, -0.2) is 58.7 Å². The SMILES string of the molecule is CCCCN(C)CCC(=O)Nc1ccc2c(CN3CCCC3)nn(Cc3c(Cl)cccc3Cl)c2c1. The van der Waals surface area contributed by atoms with E-state index in [1.807, 2.05) is 35.0 Å². The van der Waals surface area contributed by atoms with Crippen LogP contribution in [0.4, 0.5) is 5.69 Å². The Labute approximate surface area is 218 Å². The van der Waals surface area contributed by atoms with Crippen LogP contribution < -0.4 is 5.32 Å². The molecule has 35 heavy (non-hydrogen) atoms. The molecule has 0 aliphatic carbocycles. The Morgan fingerprint density at radius 3 is 2.54 bits per heavy atom. The number of fused-ring (bicyclic) bond motifs is 1. The first kappa shape index (κ1) is 26.0. The summed E-state index contributed by atoms with van der Waals surface area (Å²) in [5.41, 5.74) is 3.63. The molecule has 6 nitrogen and oxygen atoms in total. The number of unbranched alkanes of at least 4 members (excludes halogenated alkanes) is 1. The van der Waals surface area contributed by atoms with Crippen LogP contribution in [0.2, 0.25) is 10.0 Å². The van der Waals surface area contributed by atoms with Gasteiger partial charge in [0.25, 0.3) is 0 Å². The molecule has 1 aromatic heterocycles. The third-order valence-corrected chi connectivity index (χ3v) is 7.38. The molecule has 2 heterocycles. The van der Waals surface area contributed by atoms with Gasteiger partial charge in [-0.05, 0) is 76.3 Å². The molecule has 1 aliphatic rings. The molecule has 0 saturated carbocycles. The highest BCUT2D eigenvalue weighted by molar-refractivity contribution is 6.36. The van der Waals surface area contributed by atoms with E-state index in [1.54, 1.807) is 0 Å². The van der Waals surface area contributed by atoms with Gasteiger partial charge in [-0.15, -0.1) is 0 Å². The van der Waals surface area contributed by atoms with Crippen LogP contribution in [0.5, 0.6) is 0 Å². The summed E-state index contributed by atoms with van der Waals surface area (Å²) in [4.78, 5) is 17.3. The molecule has 8 heteroatoms. The van der Waals surface area contributed by atoms with Gasteiger partial charge in [0.15, 0.2) is 0 Å². The lowest BCUT2D eigenvalue weighted by Crippen LogP contribution is -2.25. The number of amides is 1. The van der Waals surface area contributed by atoms with Crippen molar-refractivity contribution in [2.45, 2.75) is 52.1 Å². The van der Waals surface area contributed by atoms with Crippen molar-refractivity contribution in [3.8, 4) is 0 Å². The molecule has 0 bridgehead atoms. The monoisotopic (exact) mass is 515 g/mol. The first-order valence-electron chi connectivity index (χ1n) is 12.6. The summed E-state index contributed by atoms with van der Waals surface area (Å²) in [6, 6.07) is 11.6. The summed E-state index contributed by atoms with van der Waals surface area (Å²) < 4.78 is 1.96. The van der Waals surface area contributed by atoms with Gasteiger partial charge in [0.2, 0.25) is 5.91 Å². The van der Waals surface area contributed by atoms with Gasteiger partial charge in [-0.25, -0.2) is 0 Å². The Hall–Kier alpha value is -2.12. The normalized spacial score (nSPS) is 14.3. The van der Waals surface area contributed by atoms with Crippen LogP contribution in [0.1, 0.15) is 50.3 Å². The first-order chi connectivity index (χ1) is 16.9. The molecule has 1 N–H and O–H groups in total. The van der Waals surface area contributed by atoms with Crippen molar-refractivity contribution in [2.75, 3.05) is 38.5 Å². The lowest BCUT2D eigenvalue weighted by atomic mass is 10.1. The van der Waals surface area contributed by atoms with Gasteiger partial charge in [-0.3, -0.25) is 14.4 Å². The van der Waals surface area contributed by atoms with Crippen molar-refractivity contribution in [3.05, 3.63) is 57.7 Å². The van der Waals surface area contributed by atoms with Crippen molar-refractivity contribution in [1.29, 1.82) is 0 Å². The molecule has 188 valence electrons. The minimum atomic E-state index is 0.0187. The zero-order valence-corrected chi connectivity index (χ0v) is 22.2. The number of halogens is 2. The van der Waals surface area contributed by atoms with Crippen molar-refractivity contribution in [2.24, 2.45) is 0 Å². The molecular formula is C27H35Cl2N5O. The molecule has 0 spiro atoms. The zero-order chi connectivity index (χ0) is 24.8. The van der Waals surface area contributed by atoms with Crippen molar-refractivity contribution >= 4 is 45.7 Å². The lowest BCUT2D eigenvalue weighted by Gasteiger charge is -2.15. The number of hydrogen-bond acceptors (Lipinski definition) is 4. The second-order valence-electron chi connectivity index (χ2n) is 9.47. The maximum atomic E-state index is 12.6. The van der Waals surface area contributed by atoms with Crippen LogP contribution in [0.15, 0.2) is 36.4 Å². The van der Waals surface area contributed by atoms with Gasteiger partial charge in [0.05, 0.1) is 17.8 Å². The van der Waals surface area contributed by atoms with E-state index in [2.05, 4.69) is 35.2 Å². The summed E-state index contributed by atoms with van der Waals surface area (Å²) in [7, 11) is 2.06. The second kappa shape index (κ2) is 12.2. The third kappa shape index (κ3) is 6.76. The van der Waals surface area contributed by atoms with Crippen LogP contribution in [0.25, 0.3) is 10.9 Å². The largest absolute Gasteiger partial charge is 0.326 e. The van der Waals surface area contributed by atoms with Crippen molar-refractivity contribution in [3.63, 3.8) is 0 Å². The van der Waals surface area contributed by atoms with Crippen LogP contribution in [-0.2, 0) is 17.9 Å². The van der Waals surface area contributed by atoms with E-state index in [0.717, 1.165) is 73.4 Å². The number of nitrogens with zero attached hydrogens (tertiary/aromatic N) is 4. The minimum Gasteiger partial charge on any atom is -0.326 e. The molecule has 1 aliphatic heterocycles. The summed E-state index contributed by atoms with van der Waals surface area (Å²) in [6.45, 7) is 7.43. The first-order valence-corrected chi connectivity index (χ1v) is 13.3. The van der Waals surface area contributed by atoms with E-state index in [1.165, 1.54) is 12.8 Å². The van der Waals surface area contributed by atoms with Crippen LogP contribution in [0.3, 0.4) is 0 Å². The Bertz CT molecular complexity index is 1140. The van der Waals surface area contributed by atoms with Crippen molar-refractivity contribution in [1.82, 2.24) is 19.6 Å². The van der Waals surface area contributed by atoms with Gasteiger partial charge < -0.3 is 10.2 Å². The summed E-state index contributed by atoms with van der Waals surface area (Å²) >= 11 is 12.9. The molecule has 0 atom stereocenters. The fourth-order valence-electron chi connectivity index (χ4n) is 4.60. The van der Waals surface area contributed by atoms with Gasteiger partial charge in [0.1, 0.15) is 0 Å². The average molecular weight is 517 g/mol. The molecule has 4 rings (SSSR count). The highest BCUT2D eigenvalue weighted by Gasteiger charge is 2.19. The predicted octanol–water partition coefficient (Wildman–Crippen LogP) is 6.05. The Balaban J connectivity index is 1.56. The van der Waals surface area contributed by atoms with E-state index < -0.39 is 0 Å². The number of benzene rings is 2. The second-order valence-corrected chi connectivity index (χ2v) is 10.3. The third-order valence-electron chi connectivity index (χ3n) is 6.67. The van der Waals surface area contributed by atoms with Crippen molar-refractivity contribution < 1.29 is 4.79 Å². The molecule has 0 radical (unpaired) electrons. The predicted molar refractivity (Wildman–Crippen MR) is 145 cm³/mol. The number of likely N-dealkylation sites (tertiary alicyclic amines) is 1. The van der Waals surface area contributed by atoms with E-state index in [-0.39, 0.29) is 5.91 Å². The smallest absolute Gasteiger partial charge is 0.225 e. The molecular weight excluding hydrogens is 481 g/mol. The zero-order valence-electron chi connectivity index (χ0n) is 20.7. The molecule has 1 saturated heterocycles. The quantitative estimate of drug-likeness (QED) is 0.337. The van der Waals surface area contributed by atoms with E-state index >= 15 is 0 Å². The van der Waals surface area contributed by atoms with E-state index in [4.69, 9.17) is 28.3 Å². The highest BCUT2D eigenvalue weighted by atomic mass is 35.5. The maximum Gasteiger partial charge on any atom is 0.225 e. The summed E-state index contributed by atoms with van der Waals surface area (Å²) in [5.74, 6) is 0.0187. The van der Waals surface area contributed by atoms with Gasteiger partial charge in [-0.2, -0.15) is 5.10 Å². The number of carbonyl (C=O) groups excluding carboxylic acids is 1.